The maximum atomic E-state index is 6.08. The van der Waals surface area contributed by atoms with Gasteiger partial charge in [-0.1, -0.05) is 25.4 Å². The minimum atomic E-state index is 0.282. The first kappa shape index (κ1) is 11.5. The first-order chi connectivity index (χ1) is 7.48. The molecule has 0 aromatic carbocycles. The van der Waals surface area contributed by atoms with Crippen molar-refractivity contribution in [2.24, 2.45) is 5.41 Å². The molecule has 0 aliphatic carbocycles. The van der Waals surface area contributed by atoms with E-state index in [0.29, 0.717) is 10.4 Å². The van der Waals surface area contributed by atoms with Gasteiger partial charge in [0.1, 0.15) is 5.02 Å². The molecule has 2 rings (SSSR count). The van der Waals surface area contributed by atoms with Crippen LogP contribution in [0.5, 0.6) is 0 Å². The predicted octanol–water partition coefficient (Wildman–Crippen LogP) is 2.34. The average molecular weight is 241 g/mol. The summed E-state index contributed by atoms with van der Waals surface area (Å²) in [5.41, 5.74) is 6.00. The summed E-state index contributed by atoms with van der Waals surface area (Å²) in [5, 5.41) is 0.578. The molecule has 16 heavy (non-hydrogen) atoms. The Labute approximate surface area is 101 Å². The van der Waals surface area contributed by atoms with Crippen molar-refractivity contribution < 1.29 is 0 Å². The minimum Gasteiger partial charge on any atom is -0.368 e. The maximum absolute atomic E-state index is 6.08. The fraction of sp³-hybridized carbons (Fsp3) is 0.636. The van der Waals surface area contributed by atoms with E-state index < -0.39 is 0 Å². The monoisotopic (exact) mass is 240 g/mol. The molecular weight excluding hydrogens is 224 g/mol. The molecule has 0 saturated carbocycles. The molecule has 0 radical (unpaired) electrons. The molecule has 88 valence electrons. The number of piperidine rings is 1. The Bertz CT molecular complexity index is 382. The van der Waals surface area contributed by atoms with Crippen molar-refractivity contribution in [3.63, 3.8) is 0 Å². The van der Waals surface area contributed by atoms with E-state index in [2.05, 4.69) is 28.7 Å². The van der Waals surface area contributed by atoms with Crippen LogP contribution in [0.25, 0.3) is 0 Å². The molecule has 1 fully saturated rings. The van der Waals surface area contributed by atoms with E-state index in [1.54, 1.807) is 6.20 Å². The van der Waals surface area contributed by atoms with E-state index in [1.807, 2.05) is 0 Å². The van der Waals surface area contributed by atoms with Crippen molar-refractivity contribution in [2.75, 3.05) is 23.7 Å². The van der Waals surface area contributed by atoms with Gasteiger partial charge in [-0.25, -0.2) is 4.98 Å². The van der Waals surface area contributed by atoms with Gasteiger partial charge >= 0.3 is 0 Å². The standard InChI is InChI=1S/C11H17ClN4/c1-11(2)3-5-16(6-4-11)9-8(12)7-14-10(13)15-9/h7H,3-6H2,1-2H3,(H2,13,14,15). The van der Waals surface area contributed by atoms with E-state index >= 15 is 0 Å². The molecule has 0 bridgehead atoms. The van der Waals surface area contributed by atoms with Crippen LogP contribution in [0.15, 0.2) is 6.20 Å². The van der Waals surface area contributed by atoms with Crippen molar-refractivity contribution in [3.8, 4) is 0 Å². The molecule has 4 nitrogen and oxygen atoms in total. The molecule has 0 atom stereocenters. The SMILES string of the molecule is CC1(C)CCN(c2nc(N)ncc2Cl)CC1. The molecule has 5 heteroatoms. The summed E-state index contributed by atoms with van der Waals surface area (Å²) in [5.74, 6) is 1.05. The number of aromatic nitrogens is 2. The fourth-order valence-electron chi connectivity index (χ4n) is 1.92. The van der Waals surface area contributed by atoms with Crippen LogP contribution >= 0.6 is 11.6 Å². The van der Waals surface area contributed by atoms with E-state index in [9.17, 15) is 0 Å². The number of anilines is 2. The maximum Gasteiger partial charge on any atom is 0.222 e. The van der Waals surface area contributed by atoms with E-state index in [4.69, 9.17) is 17.3 Å². The van der Waals surface area contributed by atoms with Crippen LogP contribution in [-0.2, 0) is 0 Å². The number of nitrogens with zero attached hydrogens (tertiary/aromatic N) is 3. The van der Waals surface area contributed by atoms with Gasteiger partial charge in [-0.2, -0.15) is 4.98 Å². The highest BCUT2D eigenvalue weighted by molar-refractivity contribution is 6.32. The minimum absolute atomic E-state index is 0.282. The molecule has 1 saturated heterocycles. The fourth-order valence-corrected chi connectivity index (χ4v) is 2.13. The van der Waals surface area contributed by atoms with E-state index in [0.717, 1.165) is 31.7 Å². The number of rotatable bonds is 1. The summed E-state index contributed by atoms with van der Waals surface area (Å²) >= 11 is 6.08. The van der Waals surface area contributed by atoms with Gasteiger partial charge in [0, 0.05) is 13.1 Å². The Morgan fingerprint density at radius 2 is 2.00 bits per heavy atom. The number of hydrogen-bond acceptors (Lipinski definition) is 4. The second kappa shape index (κ2) is 4.09. The lowest BCUT2D eigenvalue weighted by molar-refractivity contribution is 0.279. The van der Waals surface area contributed by atoms with Crippen LogP contribution in [0.3, 0.4) is 0 Å². The van der Waals surface area contributed by atoms with Gasteiger partial charge in [-0.15, -0.1) is 0 Å². The van der Waals surface area contributed by atoms with Crippen LogP contribution in [-0.4, -0.2) is 23.1 Å². The number of nitrogen functional groups attached to an aromatic ring is 1. The lowest BCUT2D eigenvalue weighted by Gasteiger charge is -2.37. The van der Waals surface area contributed by atoms with Gasteiger partial charge in [-0.3, -0.25) is 0 Å². The first-order valence-corrected chi connectivity index (χ1v) is 5.89. The largest absolute Gasteiger partial charge is 0.368 e. The number of halogens is 1. The Kier molecular flexibility index (Phi) is 2.93. The summed E-state index contributed by atoms with van der Waals surface area (Å²) in [6.45, 7) is 6.53. The quantitative estimate of drug-likeness (QED) is 0.819. The van der Waals surface area contributed by atoms with Gasteiger partial charge in [0.05, 0.1) is 6.20 Å². The molecule has 0 unspecified atom stereocenters. The van der Waals surface area contributed by atoms with Crippen LogP contribution in [0.4, 0.5) is 11.8 Å². The van der Waals surface area contributed by atoms with Crippen molar-refractivity contribution in [2.45, 2.75) is 26.7 Å². The van der Waals surface area contributed by atoms with Crippen molar-refractivity contribution in [3.05, 3.63) is 11.2 Å². The Hall–Kier alpha value is -1.03. The lowest BCUT2D eigenvalue weighted by atomic mass is 9.83. The third kappa shape index (κ3) is 2.38. The van der Waals surface area contributed by atoms with Gasteiger partial charge in [-0.05, 0) is 18.3 Å². The molecular formula is C11H17ClN4. The van der Waals surface area contributed by atoms with Crippen LogP contribution in [0, 0.1) is 5.41 Å². The lowest BCUT2D eigenvalue weighted by Crippen LogP contribution is -2.38. The zero-order valence-corrected chi connectivity index (χ0v) is 10.5. The zero-order valence-electron chi connectivity index (χ0n) is 9.70. The molecule has 0 spiro atoms. The highest BCUT2D eigenvalue weighted by Crippen LogP contribution is 2.33. The van der Waals surface area contributed by atoms with Gasteiger partial charge in [0.2, 0.25) is 5.95 Å². The summed E-state index contributed by atoms with van der Waals surface area (Å²) in [6.07, 6.45) is 3.86. The third-order valence-corrected chi connectivity index (χ3v) is 3.43. The van der Waals surface area contributed by atoms with Crippen LogP contribution < -0.4 is 10.6 Å². The summed E-state index contributed by atoms with van der Waals surface area (Å²) < 4.78 is 0. The highest BCUT2D eigenvalue weighted by atomic mass is 35.5. The molecule has 1 aromatic heterocycles. The van der Waals surface area contributed by atoms with Gasteiger partial charge < -0.3 is 10.6 Å². The van der Waals surface area contributed by atoms with Crippen molar-refractivity contribution in [1.82, 2.24) is 9.97 Å². The molecule has 2 N–H and O–H groups in total. The average Bonchev–Trinajstić information content (AvgIpc) is 2.22. The van der Waals surface area contributed by atoms with E-state index in [1.165, 1.54) is 0 Å². The van der Waals surface area contributed by atoms with Crippen LogP contribution in [0.2, 0.25) is 5.02 Å². The van der Waals surface area contributed by atoms with Gasteiger partial charge in [0.25, 0.3) is 0 Å². The van der Waals surface area contributed by atoms with Gasteiger partial charge in [0.15, 0.2) is 5.82 Å². The Morgan fingerprint density at radius 3 is 2.62 bits per heavy atom. The smallest absolute Gasteiger partial charge is 0.222 e. The Balaban J connectivity index is 2.17. The highest BCUT2D eigenvalue weighted by Gasteiger charge is 2.27. The Morgan fingerprint density at radius 1 is 1.38 bits per heavy atom. The molecule has 1 aromatic rings. The molecule has 1 aliphatic rings. The summed E-state index contributed by atoms with van der Waals surface area (Å²) in [6, 6.07) is 0. The van der Waals surface area contributed by atoms with Crippen LogP contribution in [0.1, 0.15) is 26.7 Å². The van der Waals surface area contributed by atoms with Crippen molar-refractivity contribution in [1.29, 1.82) is 0 Å². The second-order valence-electron chi connectivity index (χ2n) is 5.05. The van der Waals surface area contributed by atoms with Crippen molar-refractivity contribution >= 4 is 23.4 Å². The molecule has 0 amide bonds. The third-order valence-electron chi connectivity index (χ3n) is 3.16. The number of hydrogen-bond donors (Lipinski definition) is 1. The predicted molar refractivity (Wildman–Crippen MR) is 66.7 cm³/mol. The summed E-state index contributed by atoms with van der Waals surface area (Å²) in [4.78, 5) is 10.3. The normalized spacial score (nSPS) is 19.8. The topological polar surface area (TPSA) is 55.0 Å². The second-order valence-corrected chi connectivity index (χ2v) is 5.46. The molecule has 2 heterocycles. The van der Waals surface area contributed by atoms with E-state index in [-0.39, 0.29) is 5.95 Å². The zero-order chi connectivity index (χ0) is 11.8. The first-order valence-electron chi connectivity index (χ1n) is 5.51. The molecule has 1 aliphatic heterocycles. The summed E-state index contributed by atoms with van der Waals surface area (Å²) in [7, 11) is 0. The number of nitrogens with two attached hydrogens (primary N) is 1.